The van der Waals surface area contributed by atoms with E-state index in [1.807, 2.05) is 49.9 Å². The number of hydrogen-bond acceptors (Lipinski definition) is 4. The molecule has 0 unspecified atom stereocenters. The minimum absolute atomic E-state index is 0.00790. The lowest BCUT2D eigenvalue weighted by Crippen LogP contribution is -2.49. The van der Waals surface area contributed by atoms with E-state index in [-0.39, 0.29) is 18.2 Å². The van der Waals surface area contributed by atoms with Gasteiger partial charge in [0.05, 0.1) is 18.8 Å². The average molecular weight is 422 g/mol. The van der Waals surface area contributed by atoms with Crippen LogP contribution in [-0.2, 0) is 11.2 Å². The molecular formula is C19H24BrN3O3. The van der Waals surface area contributed by atoms with Crippen LogP contribution in [0.1, 0.15) is 35.6 Å². The first-order valence-corrected chi connectivity index (χ1v) is 9.57. The van der Waals surface area contributed by atoms with Gasteiger partial charge in [0.25, 0.3) is 0 Å². The number of nitrogens with one attached hydrogen (secondary N) is 1. The van der Waals surface area contributed by atoms with Crippen molar-refractivity contribution in [1.29, 1.82) is 0 Å². The number of hydrogen-bond donors (Lipinski definition) is 1. The van der Waals surface area contributed by atoms with E-state index in [0.29, 0.717) is 26.1 Å². The van der Waals surface area contributed by atoms with Gasteiger partial charge >= 0.3 is 6.03 Å². The molecule has 2 heterocycles. The van der Waals surface area contributed by atoms with Crippen molar-refractivity contribution < 1.29 is 14.1 Å². The molecule has 140 valence electrons. The molecule has 2 amide bonds. The van der Waals surface area contributed by atoms with E-state index < -0.39 is 0 Å². The summed E-state index contributed by atoms with van der Waals surface area (Å²) in [5.41, 5.74) is 3.01. The first-order chi connectivity index (χ1) is 12.4. The van der Waals surface area contributed by atoms with Crippen molar-refractivity contribution in [2.24, 2.45) is 0 Å². The van der Waals surface area contributed by atoms with Gasteiger partial charge in [0, 0.05) is 22.6 Å². The van der Waals surface area contributed by atoms with Crippen LogP contribution >= 0.6 is 15.9 Å². The number of nitrogens with zero attached hydrogens (tertiary/aromatic N) is 2. The number of halogens is 1. The summed E-state index contributed by atoms with van der Waals surface area (Å²) in [7, 11) is 0. The van der Waals surface area contributed by atoms with E-state index in [1.54, 1.807) is 0 Å². The molecule has 26 heavy (non-hydrogen) atoms. The summed E-state index contributed by atoms with van der Waals surface area (Å²) < 4.78 is 12.1. The molecule has 2 atom stereocenters. The van der Waals surface area contributed by atoms with Gasteiger partial charge in [0.1, 0.15) is 11.9 Å². The number of benzene rings is 1. The van der Waals surface area contributed by atoms with Gasteiger partial charge in [-0.3, -0.25) is 0 Å². The van der Waals surface area contributed by atoms with Crippen molar-refractivity contribution >= 4 is 22.0 Å². The molecule has 0 spiro atoms. The Morgan fingerprint density at radius 1 is 1.46 bits per heavy atom. The molecule has 0 bridgehead atoms. The first kappa shape index (κ1) is 18.9. The third kappa shape index (κ3) is 4.45. The molecule has 0 radical (unpaired) electrons. The standard InChI is InChI=1S/C19H24BrN3O3/c1-12(9-17-13(2)22-26-14(17)3)21-19(24)23-7-8-25-18(11-23)15-5-4-6-16(20)10-15/h4-6,10,12,18H,7-9,11H2,1-3H3,(H,21,24)/t12-,18+/m1/s1. The molecule has 1 aromatic carbocycles. The van der Waals surface area contributed by atoms with Crippen molar-refractivity contribution in [3.05, 3.63) is 51.3 Å². The van der Waals surface area contributed by atoms with Crippen molar-refractivity contribution in [2.45, 2.75) is 39.3 Å². The number of aromatic nitrogens is 1. The highest BCUT2D eigenvalue weighted by molar-refractivity contribution is 9.10. The molecule has 1 aliphatic heterocycles. The summed E-state index contributed by atoms with van der Waals surface area (Å²) in [6, 6.07) is 7.95. The maximum atomic E-state index is 12.7. The number of ether oxygens (including phenoxy) is 1. The van der Waals surface area contributed by atoms with Crippen molar-refractivity contribution in [3.63, 3.8) is 0 Å². The van der Waals surface area contributed by atoms with Gasteiger partial charge < -0.3 is 19.5 Å². The lowest BCUT2D eigenvalue weighted by molar-refractivity contribution is -0.0157. The van der Waals surface area contributed by atoms with Crippen molar-refractivity contribution in [2.75, 3.05) is 19.7 Å². The number of carbonyl (C=O) groups excluding carboxylic acids is 1. The fourth-order valence-corrected chi connectivity index (χ4v) is 3.61. The predicted molar refractivity (Wildman–Crippen MR) is 102 cm³/mol. The van der Waals surface area contributed by atoms with Crippen LogP contribution in [0.2, 0.25) is 0 Å². The SMILES string of the molecule is Cc1noc(C)c1C[C@@H](C)NC(=O)N1CCO[C@H](c2cccc(Br)c2)C1. The number of amides is 2. The molecule has 2 aromatic rings. The maximum Gasteiger partial charge on any atom is 0.317 e. The van der Waals surface area contributed by atoms with Gasteiger partial charge in [-0.25, -0.2) is 4.79 Å². The highest BCUT2D eigenvalue weighted by Crippen LogP contribution is 2.25. The molecule has 1 aromatic heterocycles. The second kappa shape index (κ2) is 8.22. The van der Waals surface area contributed by atoms with Gasteiger partial charge in [-0.15, -0.1) is 0 Å². The van der Waals surface area contributed by atoms with Gasteiger partial charge in [-0.1, -0.05) is 33.2 Å². The summed E-state index contributed by atoms with van der Waals surface area (Å²) in [6.07, 6.45) is 0.594. The van der Waals surface area contributed by atoms with Crippen LogP contribution in [0, 0.1) is 13.8 Å². The van der Waals surface area contributed by atoms with Crippen molar-refractivity contribution in [1.82, 2.24) is 15.4 Å². The monoisotopic (exact) mass is 421 g/mol. The van der Waals surface area contributed by atoms with E-state index >= 15 is 0 Å². The predicted octanol–water partition coefficient (Wildman–Crippen LogP) is 3.77. The van der Waals surface area contributed by atoms with Crippen LogP contribution in [0.5, 0.6) is 0 Å². The minimum atomic E-state index is -0.107. The van der Waals surface area contributed by atoms with Crippen molar-refractivity contribution in [3.8, 4) is 0 Å². The zero-order valence-corrected chi connectivity index (χ0v) is 16.9. The second-order valence-corrected chi connectivity index (χ2v) is 7.63. The third-order valence-electron chi connectivity index (χ3n) is 4.64. The molecule has 0 aliphatic carbocycles. The highest BCUT2D eigenvalue weighted by atomic mass is 79.9. The molecule has 1 saturated heterocycles. The lowest BCUT2D eigenvalue weighted by atomic mass is 10.1. The van der Waals surface area contributed by atoms with Crippen LogP contribution in [0.25, 0.3) is 0 Å². The van der Waals surface area contributed by atoms with Crippen LogP contribution in [0.15, 0.2) is 33.3 Å². The Morgan fingerprint density at radius 2 is 2.27 bits per heavy atom. The van der Waals surface area contributed by atoms with E-state index in [9.17, 15) is 4.79 Å². The number of urea groups is 1. The largest absolute Gasteiger partial charge is 0.370 e. The maximum absolute atomic E-state index is 12.7. The van der Waals surface area contributed by atoms with Gasteiger partial charge in [-0.05, 0) is 44.9 Å². The molecule has 1 aliphatic rings. The lowest BCUT2D eigenvalue weighted by Gasteiger charge is -2.34. The molecule has 3 rings (SSSR count). The van der Waals surface area contributed by atoms with E-state index in [4.69, 9.17) is 9.26 Å². The number of carbonyl (C=O) groups is 1. The summed E-state index contributed by atoms with van der Waals surface area (Å²) in [6.45, 7) is 7.48. The Balaban J connectivity index is 1.59. The third-order valence-corrected chi connectivity index (χ3v) is 5.13. The second-order valence-electron chi connectivity index (χ2n) is 6.72. The fraction of sp³-hybridized carbons (Fsp3) is 0.474. The summed E-state index contributed by atoms with van der Waals surface area (Å²) in [5, 5.41) is 7.05. The Hall–Kier alpha value is -1.86. The fourth-order valence-electron chi connectivity index (χ4n) is 3.19. The number of morpholine rings is 1. The van der Waals surface area contributed by atoms with E-state index in [2.05, 4.69) is 26.4 Å². The zero-order chi connectivity index (χ0) is 18.7. The Labute approximate surface area is 162 Å². The van der Waals surface area contributed by atoms with Crippen LogP contribution < -0.4 is 5.32 Å². The van der Waals surface area contributed by atoms with Crippen LogP contribution in [-0.4, -0.2) is 41.8 Å². The van der Waals surface area contributed by atoms with Gasteiger partial charge in [-0.2, -0.15) is 0 Å². The number of rotatable bonds is 4. The molecule has 0 saturated carbocycles. The number of aryl methyl sites for hydroxylation is 2. The summed E-state index contributed by atoms with van der Waals surface area (Å²) in [4.78, 5) is 14.5. The van der Waals surface area contributed by atoms with E-state index in [1.165, 1.54) is 0 Å². The van der Waals surface area contributed by atoms with E-state index in [0.717, 1.165) is 27.1 Å². The normalized spacial score (nSPS) is 18.6. The van der Waals surface area contributed by atoms with Gasteiger partial charge in [0.2, 0.25) is 0 Å². The van der Waals surface area contributed by atoms with Gasteiger partial charge in [0.15, 0.2) is 0 Å². The van der Waals surface area contributed by atoms with Crippen LogP contribution in [0.4, 0.5) is 4.79 Å². The summed E-state index contributed by atoms with van der Waals surface area (Å²) in [5.74, 6) is 0.810. The molecule has 1 N–H and O–H groups in total. The topological polar surface area (TPSA) is 67.6 Å². The first-order valence-electron chi connectivity index (χ1n) is 8.78. The highest BCUT2D eigenvalue weighted by Gasteiger charge is 2.26. The summed E-state index contributed by atoms with van der Waals surface area (Å²) >= 11 is 3.48. The average Bonchev–Trinajstić information content (AvgIpc) is 2.93. The molecular weight excluding hydrogens is 398 g/mol. The quantitative estimate of drug-likeness (QED) is 0.815. The Morgan fingerprint density at radius 3 is 2.96 bits per heavy atom. The zero-order valence-electron chi connectivity index (χ0n) is 15.3. The Kier molecular flexibility index (Phi) is 5.98. The molecule has 1 fully saturated rings. The minimum Gasteiger partial charge on any atom is -0.370 e. The Bertz CT molecular complexity index is 758. The van der Waals surface area contributed by atoms with Crippen LogP contribution in [0.3, 0.4) is 0 Å². The molecule has 7 heteroatoms. The smallest absolute Gasteiger partial charge is 0.317 e. The molecule has 6 nitrogen and oxygen atoms in total.